The number of thiocarbonyl (C=S) groups is 1. The van der Waals surface area contributed by atoms with Crippen molar-refractivity contribution in [1.29, 1.82) is 0 Å². The maximum Gasteiger partial charge on any atom is 0.416 e. The lowest BCUT2D eigenvalue weighted by atomic mass is 9.91. The van der Waals surface area contributed by atoms with Gasteiger partial charge in [-0.2, -0.15) is 13.2 Å². The summed E-state index contributed by atoms with van der Waals surface area (Å²) >= 11 is 12.8. The van der Waals surface area contributed by atoms with Gasteiger partial charge in [-0.1, -0.05) is 37.6 Å². The van der Waals surface area contributed by atoms with Gasteiger partial charge in [0.05, 0.1) is 28.0 Å². The molecule has 42 heavy (non-hydrogen) atoms. The molecule has 0 saturated carbocycles. The van der Waals surface area contributed by atoms with Crippen LogP contribution in [0.4, 0.5) is 24.5 Å². The summed E-state index contributed by atoms with van der Waals surface area (Å²) in [6, 6.07) is 20.0. The number of rotatable bonds is 5. The van der Waals surface area contributed by atoms with Crippen LogP contribution >= 0.6 is 23.8 Å². The Balaban J connectivity index is 1.43. The van der Waals surface area contributed by atoms with E-state index in [1.54, 1.807) is 23.0 Å². The van der Waals surface area contributed by atoms with E-state index in [4.69, 9.17) is 23.8 Å². The van der Waals surface area contributed by atoms with Gasteiger partial charge >= 0.3 is 6.18 Å². The molecular weight excluding hydrogens is 579 g/mol. The van der Waals surface area contributed by atoms with Crippen molar-refractivity contribution in [3.63, 3.8) is 0 Å². The number of pyridine rings is 1. The molecule has 0 radical (unpaired) electrons. The normalized spacial score (nSPS) is 22.9. The van der Waals surface area contributed by atoms with Crippen molar-refractivity contribution in [3.8, 4) is 5.69 Å². The third-order valence-electron chi connectivity index (χ3n) is 8.05. The zero-order valence-corrected chi connectivity index (χ0v) is 24.8. The van der Waals surface area contributed by atoms with Crippen molar-refractivity contribution >= 4 is 40.3 Å². The topological polar surface area (TPSA) is 36.3 Å². The van der Waals surface area contributed by atoms with Gasteiger partial charge in [-0.05, 0) is 91.1 Å². The van der Waals surface area contributed by atoms with Crippen LogP contribution in [0, 0.1) is 11.8 Å². The highest BCUT2D eigenvalue weighted by Gasteiger charge is 2.42. The first-order chi connectivity index (χ1) is 20.1. The van der Waals surface area contributed by atoms with Crippen LogP contribution in [0.3, 0.4) is 0 Å². The summed E-state index contributed by atoms with van der Waals surface area (Å²) < 4.78 is 42.6. The Labute approximate surface area is 253 Å². The van der Waals surface area contributed by atoms with Crippen molar-refractivity contribution in [1.82, 2.24) is 14.9 Å². The molecular formula is C32H31ClF3N5S. The number of hydrogen-bond acceptors (Lipinski definition) is 3. The highest BCUT2D eigenvalue weighted by atomic mass is 35.5. The van der Waals surface area contributed by atoms with Crippen LogP contribution in [0.5, 0.6) is 0 Å². The van der Waals surface area contributed by atoms with Crippen LogP contribution < -0.4 is 15.1 Å². The molecule has 0 bridgehead atoms. The Kier molecular flexibility index (Phi) is 7.66. The minimum atomic E-state index is -4.45. The van der Waals surface area contributed by atoms with Gasteiger partial charge in [-0.25, -0.2) is 0 Å². The van der Waals surface area contributed by atoms with E-state index in [-0.39, 0.29) is 6.04 Å². The maximum absolute atomic E-state index is 13.6. The summed E-state index contributed by atoms with van der Waals surface area (Å²) in [6.45, 7) is 6.42. The molecule has 1 N–H and O–H groups in total. The molecule has 2 aromatic heterocycles. The van der Waals surface area contributed by atoms with Gasteiger partial charge in [0.25, 0.3) is 0 Å². The molecule has 10 heteroatoms. The van der Waals surface area contributed by atoms with E-state index < -0.39 is 17.8 Å². The summed E-state index contributed by atoms with van der Waals surface area (Å²) in [4.78, 5) is 8.94. The summed E-state index contributed by atoms with van der Waals surface area (Å²) in [7, 11) is 0. The third-order valence-corrected chi connectivity index (χ3v) is 8.67. The number of nitrogens with zero attached hydrogens (tertiary/aromatic N) is 4. The number of aromatic nitrogens is 2. The average molecular weight is 610 g/mol. The number of nitrogens with one attached hydrogen (secondary N) is 1. The average Bonchev–Trinajstić information content (AvgIpc) is 3.57. The van der Waals surface area contributed by atoms with E-state index in [1.165, 1.54) is 12.5 Å². The van der Waals surface area contributed by atoms with Crippen molar-refractivity contribution in [2.45, 2.75) is 38.5 Å². The minimum Gasteiger partial charge on any atom is -0.370 e. The Bertz CT molecular complexity index is 1580. The van der Waals surface area contributed by atoms with E-state index in [2.05, 4.69) is 29.0 Å². The zero-order valence-electron chi connectivity index (χ0n) is 23.2. The second-order valence-electron chi connectivity index (χ2n) is 11.3. The quantitative estimate of drug-likeness (QED) is 0.231. The molecule has 0 unspecified atom stereocenters. The highest BCUT2D eigenvalue weighted by molar-refractivity contribution is 7.80. The highest BCUT2D eigenvalue weighted by Crippen LogP contribution is 2.44. The predicted molar refractivity (Wildman–Crippen MR) is 165 cm³/mol. The second-order valence-corrected chi connectivity index (χ2v) is 12.1. The fourth-order valence-electron chi connectivity index (χ4n) is 6.40. The Hall–Kier alpha value is -3.56. The Morgan fingerprint density at radius 2 is 1.71 bits per heavy atom. The number of anilines is 2. The molecule has 4 aromatic rings. The molecule has 4 atom stereocenters. The number of halogens is 4. The molecule has 2 aliphatic rings. The predicted octanol–water partition coefficient (Wildman–Crippen LogP) is 8.20. The minimum absolute atomic E-state index is 0.361. The Morgan fingerprint density at radius 3 is 2.40 bits per heavy atom. The van der Waals surface area contributed by atoms with Gasteiger partial charge in [0.15, 0.2) is 5.11 Å². The van der Waals surface area contributed by atoms with Gasteiger partial charge in [0.1, 0.15) is 6.04 Å². The molecule has 0 amide bonds. The lowest BCUT2D eigenvalue weighted by Gasteiger charge is -2.37. The third kappa shape index (κ3) is 5.47. The van der Waals surface area contributed by atoms with Crippen molar-refractivity contribution < 1.29 is 13.2 Å². The number of benzene rings is 2. The number of hydrogen-bond donors (Lipinski definition) is 1. The van der Waals surface area contributed by atoms with Gasteiger partial charge < -0.3 is 19.7 Å². The number of piperidine rings is 1. The monoisotopic (exact) mass is 609 g/mol. The first-order valence-electron chi connectivity index (χ1n) is 14.0. The summed E-state index contributed by atoms with van der Waals surface area (Å²) in [5.41, 5.74) is 3.01. The summed E-state index contributed by atoms with van der Waals surface area (Å²) in [6.07, 6.45) is 0.235. The molecule has 2 aliphatic heterocycles. The molecule has 2 fully saturated rings. The van der Waals surface area contributed by atoms with Crippen LogP contribution in [-0.4, -0.2) is 27.8 Å². The van der Waals surface area contributed by atoms with E-state index in [9.17, 15) is 13.2 Å². The fraction of sp³-hybridized carbons (Fsp3) is 0.312. The van der Waals surface area contributed by atoms with Gasteiger partial charge in [0, 0.05) is 42.6 Å². The van der Waals surface area contributed by atoms with E-state index in [1.807, 2.05) is 53.4 Å². The maximum atomic E-state index is 13.6. The standard InChI is InChI=1S/C32H31ClF3N5S/c1-20-15-21(2)19-39(18-20)27-12-11-24(17-25(27)33)41-30(29(38-31(41)42)26-9-3-4-13-37-26)28-10-6-14-40(28)23-8-5-7-22(16-23)32(34,35)36/h3-14,16-17,20-21,29-30H,15,18-19H2,1-2H3,(H,38,42)/t20-,21-,29+,30+/m1/s1. The lowest BCUT2D eigenvalue weighted by Crippen LogP contribution is -2.38. The lowest BCUT2D eigenvalue weighted by molar-refractivity contribution is -0.137. The van der Waals surface area contributed by atoms with Crippen LogP contribution in [0.15, 0.2) is 85.2 Å². The zero-order chi connectivity index (χ0) is 29.6. The summed E-state index contributed by atoms with van der Waals surface area (Å²) in [5, 5.41) is 4.54. The second kappa shape index (κ2) is 11.3. The van der Waals surface area contributed by atoms with Gasteiger partial charge in [-0.3, -0.25) is 4.98 Å². The molecule has 4 heterocycles. The van der Waals surface area contributed by atoms with Crippen LogP contribution in [0.1, 0.15) is 49.3 Å². The molecule has 2 saturated heterocycles. The van der Waals surface area contributed by atoms with Gasteiger partial charge in [-0.15, -0.1) is 0 Å². The van der Waals surface area contributed by atoms with Crippen molar-refractivity contribution in [2.24, 2.45) is 11.8 Å². The van der Waals surface area contributed by atoms with E-state index in [0.717, 1.165) is 48.0 Å². The van der Waals surface area contributed by atoms with Crippen LogP contribution in [-0.2, 0) is 6.18 Å². The SMILES string of the molecule is C[C@@H]1C[C@@H](C)CN(c2ccc(N3C(=S)N[C@@H](c4ccccn4)[C@@H]3c3cccn3-c3cccc(C(F)(F)F)c3)cc2Cl)C1. The molecule has 0 aliphatic carbocycles. The molecule has 218 valence electrons. The Morgan fingerprint density at radius 1 is 0.929 bits per heavy atom. The molecule has 2 aromatic carbocycles. The number of alkyl halides is 3. The van der Waals surface area contributed by atoms with Crippen molar-refractivity contribution in [2.75, 3.05) is 22.9 Å². The van der Waals surface area contributed by atoms with Crippen molar-refractivity contribution in [3.05, 3.63) is 107 Å². The molecule has 6 rings (SSSR count). The molecule has 5 nitrogen and oxygen atoms in total. The first-order valence-corrected chi connectivity index (χ1v) is 14.8. The largest absolute Gasteiger partial charge is 0.416 e. The van der Waals surface area contributed by atoms with Crippen LogP contribution in [0.2, 0.25) is 5.02 Å². The van der Waals surface area contributed by atoms with Gasteiger partial charge in [0.2, 0.25) is 0 Å². The van der Waals surface area contributed by atoms with E-state index in [0.29, 0.717) is 27.7 Å². The van der Waals surface area contributed by atoms with E-state index >= 15 is 0 Å². The summed E-state index contributed by atoms with van der Waals surface area (Å²) in [5.74, 6) is 1.15. The fourth-order valence-corrected chi connectivity index (χ4v) is 7.04. The smallest absolute Gasteiger partial charge is 0.370 e. The first kappa shape index (κ1) is 28.6. The van der Waals surface area contributed by atoms with Crippen LogP contribution in [0.25, 0.3) is 5.69 Å². The molecule has 0 spiro atoms.